The fraction of sp³-hybridized carbons (Fsp3) is 0.400. The highest BCUT2D eigenvalue weighted by Gasteiger charge is 2.29. The second kappa shape index (κ2) is 5.47. The van der Waals surface area contributed by atoms with Gasteiger partial charge in [-0.05, 0) is 37.6 Å². The zero-order chi connectivity index (χ0) is 13.2. The molecular weight excluding hydrogens is 302 g/mol. The molecule has 0 radical (unpaired) electrons. The first-order valence-electron chi connectivity index (χ1n) is 6.71. The molecular formula is C15H18BrN3. The van der Waals surface area contributed by atoms with Gasteiger partial charge in [0.2, 0.25) is 0 Å². The first-order chi connectivity index (χ1) is 9.28. The van der Waals surface area contributed by atoms with Crippen LogP contribution in [0.4, 0.5) is 0 Å². The smallest absolute Gasteiger partial charge is 0.0663 e. The SMILES string of the molecule is CNCc1cnn(Cc2cccc(Br)c2)c1C1CC1. The summed E-state index contributed by atoms with van der Waals surface area (Å²) in [6.45, 7) is 1.76. The standard InChI is InChI=1S/C15H18BrN3/c1-17-8-13-9-18-19(15(13)12-5-6-12)10-11-3-2-4-14(16)7-11/h2-4,7,9,12,17H,5-6,8,10H2,1H3. The van der Waals surface area contributed by atoms with Gasteiger partial charge in [-0.1, -0.05) is 28.1 Å². The van der Waals surface area contributed by atoms with Crippen LogP contribution in [-0.2, 0) is 13.1 Å². The lowest BCUT2D eigenvalue weighted by Crippen LogP contribution is -2.10. The van der Waals surface area contributed by atoms with E-state index < -0.39 is 0 Å². The Bertz CT molecular complexity index is 573. The third-order valence-electron chi connectivity index (χ3n) is 3.51. The van der Waals surface area contributed by atoms with E-state index >= 15 is 0 Å². The molecule has 0 aliphatic heterocycles. The van der Waals surface area contributed by atoms with Gasteiger partial charge in [0, 0.05) is 28.2 Å². The Morgan fingerprint density at radius 2 is 2.26 bits per heavy atom. The predicted octanol–water partition coefficient (Wildman–Crippen LogP) is 3.29. The van der Waals surface area contributed by atoms with Crippen molar-refractivity contribution in [1.29, 1.82) is 0 Å². The van der Waals surface area contributed by atoms with E-state index in [4.69, 9.17) is 0 Å². The summed E-state index contributed by atoms with van der Waals surface area (Å²) in [5.74, 6) is 0.720. The van der Waals surface area contributed by atoms with Crippen LogP contribution in [0.2, 0.25) is 0 Å². The molecule has 0 atom stereocenters. The van der Waals surface area contributed by atoms with Crippen LogP contribution >= 0.6 is 15.9 Å². The molecule has 1 N–H and O–H groups in total. The summed E-state index contributed by atoms with van der Waals surface area (Å²) in [5.41, 5.74) is 4.06. The number of benzene rings is 1. The second-order valence-corrected chi connectivity index (χ2v) is 6.06. The Kier molecular flexibility index (Phi) is 3.71. The van der Waals surface area contributed by atoms with Crippen LogP contribution in [0.25, 0.3) is 0 Å². The van der Waals surface area contributed by atoms with Crippen LogP contribution in [-0.4, -0.2) is 16.8 Å². The number of nitrogens with one attached hydrogen (secondary N) is 1. The minimum atomic E-state index is 0.720. The van der Waals surface area contributed by atoms with Crippen LogP contribution in [0.3, 0.4) is 0 Å². The largest absolute Gasteiger partial charge is 0.316 e. The quantitative estimate of drug-likeness (QED) is 0.916. The Hall–Kier alpha value is -1.13. The maximum atomic E-state index is 4.58. The summed E-state index contributed by atoms with van der Waals surface area (Å²) in [7, 11) is 1.99. The van der Waals surface area contributed by atoms with Gasteiger partial charge in [0.15, 0.2) is 0 Å². The molecule has 1 aliphatic rings. The van der Waals surface area contributed by atoms with Crippen LogP contribution in [0.1, 0.15) is 35.6 Å². The van der Waals surface area contributed by atoms with Gasteiger partial charge in [-0.2, -0.15) is 5.10 Å². The number of aromatic nitrogens is 2. The summed E-state index contributed by atoms with van der Waals surface area (Å²) in [6.07, 6.45) is 4.63. The Morgan fingerprint density at radius 3 is 2.95 bits per heavy atom. The maximum Gasteiger partial charge on any atom is 0.0663 e. The first-order valence-corrected chi connectivity index (χ1v) is 7.51. The third-order valence-corrected chi connectivity index (χ3v) is 4.01. The topological polar surface area (TPSA) is 29.9 Å². The number of nitrogens with zero attached hydrogens (tertiary/aromatic N) is 2. The Morgan fingerprint density at radius 1 is 1.42 bits per heavy atom. The van der Waals surface area contributed by atoms with Gasteiger partial charge in [-0.15, -0.1) is 0 Å². The molecule has 0 spiro atoms. The van der Waals surface area contributed by atoms with Gasteiger partial charge in [-0.3, -0.25) is 4.68 Å². The summed E-state index contributed by atoms with van der Waals surface area (Å²) in [6, 6.07) is 8.45. The van der Waals surface area contributed by atoms with Crippen molar-refractivity contribution >= 4 is 15.9 Å². The lowest BCUT2D eigenvalue weighted by atomic mass is 10.1. The van der Waals surface area contributed by atoms with E-state index in [1.807, 2.05) is 13.2 Å². The van der Waals surface area contributed by atoms with Crippen LogP contribution in [0.5, 0.6) is 0 Å². The zero-order valence-electron chi connectivity index (χ0n) is 11.1. The van der Waals surface area contributed by atoms with Crippen molar-refractivity contribution in [2.45, 2.75) is 31.8 Å². The molecule has 3 rings (SSSR count). The molecule has 0 bridgehead atoms. The van der Waals surface area contributed by atoms with E-state index in [0.717, 1.165) is 23.5 Å². The number of rotatable bonds is 5. The van der Waals surface area contributed by atoms with Crippen molar-refractivity contribution in [1.82, 2.24) is 15.1 Å². The predicted molar refractivity (Wildman–Crippen MR) is 80.2 cm³/mol. The van der Waals surface area contributed by atoms with E-state index in [0.29, 0.717) is 0 Å². The molecule has 0 saturated heterocycles. The first kappa shape index (κ1) is 12.9. The molecule has 2 aromatic rings. The summed E-state index contributed by atoms with van der Waals surface area (Å²) in [4.78, 5) is 0. The Balaban J connectivity index is 1.88. The normalized spacial score (nSPS) is 14.8. The average Bonchev–Trinajstić information content (AvgIpc) is 3.14. The summed E-state index contributed by atoms with van der Waals surface area (Å²) in [5, 5.41) is 7.81. The minimum Gasteiger partial charge on any atom is -0.316 e. The fourth-order valence-electron chi connectivity index (χ4n) is 2.52. The highest BCUT2D eigenvalue weighted by atomic mass is 79.9. The van der Waals surface area contributed by atoms with Gasteiger partial charge < -0.3 is 5.32 Å². The molecule has 0 unspecified atom stereocenters. The second-order valence-electron chi connectivity index (χ2n) is 5.15. The van der Waals surface area contributed by atoms with Crippen molar-refractivity contribution in [3.63, 3.8) is 0 Å². The van der Waals surface area contributed by atoms with Crippen molar-refractivity contribution in [3.05, 3.63) is 51.8 Å². The number of hydrogen-bond donors (Lipinski definition) is 1. The highest BCUT2D eigenvalue weighted by molar-refractivity contribution is 9.10. The Labute approximate surface area is 122 Å². The molecule has 1 heterocycles. The molecule has 1 aromatic carbocycles. The average molecular weight is 320 g/mol. The van der Waals surface area contributed by atoms with E-state index in [-0.39, 0.29) is 0 Å². The highest BCUT2D eigenvalue weighted by Crippen LogP contribution is 2.41. The molecule has 1 aliphatic carbocycles. The van der Waals surface area contributed by atoms with Gasteiger partial charge in [0.25, 0.3) is 0 Å². The molecule has 1 saturated carbocycles. The summed E-state index contributed by atoms with van der Waals surface area (Å²) < 4.78 is 3.30. The lowest BCUT2D eigenvalue weighted by Gasteiger charge is -2.09. The van der Waals surface area contributed by atoms with E-state index in [1.54, 1.807) is 0 Å². The maximum absolute atomic E-state index is 4.58. The van der Waals surface area contributed by atoms with Gasteiger partial charge in [0.05, 0.1) is 12.7 Å². The van der Waals surface area contributed by atoms with Crippen LogP contribution < -0.4 is 5.32 Å². The molecule has 3 nitrogen and oxygen atoms in total. The lowest BCUT2D eigenvalue weighted by molar-refractivity contribution is 0.641. The van der Waals surface area contributed by atoms with Crippen molar-refractivity contribution in [3.8, 4) is 0 Å². The van der Waals surface area contributed by atoms with Gasteiger partial charge in [0.1, 0.15) is 0 Å². The molecule has 100 valence electrons. The number of halogens is 1. The van der Waals surface area contributed by atoms with Crippen LogP contribution in [0, 0.1) is 0 Å². The van der Waals surface area contributed by atoms with Crippen molar-refractivity contribution < 1.29 is 0 Å². The van der Waals surface area contributed by atoms with Gasteiger partial charge >= 0.3 is 0 Å². The van der Waals surface area contributed by atoms with E-state index in [1.165, 1.54) is 29.7 Å². The van der Waals surface area contributed by atoms with E-state index in [9.17, 15) is 0 Å². The van der Waals surface area contributed by atoms with Crippen molar-refractivity contribution in [2.24, 2.45) is 0 Å². The van der Waals surface area contributed by atoms with Gasteiger partial charge in [-0.25, -0.2) is 0 Å². The van der Waals surface area contributed by atoms with Crippen molar-refractivity contribution in [2.75, 3.05) is 7.05 Å². The monoisotopic (exact) mass is 319 g/mol. The summed E-state index contributed by atoms with van der Waals surface area (Å²) >= 11 is 3.53. The minimum absolute atomic E-state index is 0.720. The third kappa shape index (κ3) is 2.90. The number of hydrogen-bond acceptors (Lipinski definition) is 2. The van der Waals surface area contributed by atoms with E-state index in [2.05, 4.69) is 55.3 Å². The molecule has 1 aromatic heterocycles. The molecule has 1 fully saturated rings. The van der Waals surface area contributed by atoms with Crippen LogP contribution in [0.15, 0.2) is 34.9 Å². The zero-order valence-corrected chi connectivity index (χ0v) is 12.7. The molecule has 4 heteroatoms. The molecule has 19 heavy (non-hydrogen) atoms. The molecule has 0 amide bonds. The fourth-order valence-corrected chi connectivity index (χ4v) is 2.97.